The molecule has 0 aliphatic heterocycles. The number of rotatable bonds is 7. The molecule has 0 bridgehead atoms. The van der Waals surface area contributed by atoms with Crippen LogP contribution in [0.4, 0.5) is 17.1 Å². The Bertz CT molecular complexity index is 2870. The maximum atomic E-state index is 2.41. The van der Waals surface area contributed by atoms with E-state index in [1.165, 1.54) is 75.5 Å². The summed E-state index contributed by atoms with van der Waals surface area (Å²) < 4.78 is 2.64. The van der Waals surface area contributed by atoms with Crippen molar-refractivity contribution < 1.29 is 0 Å². The monoisotopic (exact) mass is 705 g/mol. The van der Waals surface area contributed by atoms with Crippen LogP contribution in [0.15, 0.2) is 212 Å². The van der Waals surface area contributed by atoms with Crippen molar-refractivity contribution in [2.75, 3.05) is 4.90 Å². The number of hydrogen-bond donors (Lipinski definition) is 0. The summed E-state index contributed by atoms with van der Waals surface area (Å²) in [5.41, 5.74) is 12.8. The van der Waals surface area contributed by atoms with Gasteiger partial charge >= 0.3 is 0 Å². The molecule has 1 heterocycles. The quantitative estimate of drug-likeness (QED) is 0.160. The highest BCUT2D eigenvalue weighted by Gasteiger charge is 2.17. The Balaban J connectivity index is 1.12. The molecule has 1 aromatic heterocycles. The van der Waals surface area contributed by atoms with Crippen molar-refractivity contribution in [1.29, 1.82) is 0 Å². The van der Waals surface area contributed by atoms with Gasteiger partial charge < -0.3 is 4.90 Å². The smallest absolute Gasteiger partial charge is 0.0473 e. The van der Waals surface area contributed by atoms with Crippen molar-refractivity contribution in [3.05, 3.63) is 212 Å². The van der Waals surface area contributed by atoms with Gasteiger partial charge in [-0.15, -0.1) is 11.3 Å². The molecule has 0 unspecified atom stereocenters. The molecule has 0 saturated carbocycles. The summed E-state index contributed by atoms with van der Waals surface area (Å²) in [5.74, 6) is 0. The lowest BCUT2D eigenvalue weighted by Crippen LogP contribution is -2.10. The van der Waals surface area contributed by atoms with Gasteiger partial charge in [0.2, 0.25) is 0 Å². The Morgan fingerprint density at radius 2 is 0.796 bits per heavy atom. The topological polar surface area (TPSA) is 3.24 Å². The van der Waals surface area contributed by atoms with Gasteiger partial charge in [-0.05, 0) is 116 Å². The van der Waals surface area contributed by atoms with Gasteiger partial charge in [0.15, 0.2) is 0 Å². The van der Waals surface area contributed by atoms with Crippen LogP contribution >= 0.6 is 11.3 Å². The van der Waals surface area contributed by atoms with Gasteiger partial charge in [-0.3, -0.25) is 0 Å². The molecule has 0 aliphatic carbocycles. The van der Waals surface area contributed by atoms with Gasteiger partial charge in [0.05, 0.1) is 0 Å². The minimum absolute atomic E-state index is 1.10. The molecule has 9 aromatic carbocycles. The molecule has 254 valence electrons. The van der Waals surface area contributed by atoms with E-state index in [2.05, 4.69) is 217 Å². The Labute approximate surface area is 319 Å². The van der Waals surface area contributed by atoms with Crippen LogP contribution in [-0.2, 0) is 0 Å². The predicted molar refractivity (Wildman–Crippen MR) is 233 cm³/mol. The first-order valence-electron chi connectivity index (χ1n) is 18.4. The Kier molecular flexibility index (Phi) is 8.09. The van der Waals surface area contributed by atoms with Crippen molar-refractivity contribution in [3.8, 4) is 44.5 Å². The van der Waals surface area contributed by atoms with E-state index < -0.39 is 0 Å². The molecular weight excluding hydrogens is 671 g/mol. The first-order chi connectivity index (χ1) is 26.7. The van der Waals surface area contributed by atoms with Gasteiger partial charge in [-0.2, -0.15) is 0 Å². The summed E-state index contributed by atoms with van der Waals surface area (Å²) in [6.45, 7) is 0. The lowest BCUT2D eigenvalue weighted by Gasteiger charge is -2.27. The number of anilines is 3. The molecule has 10 aromatic rings. The number of fused-ring (bicyclic) bond motifs is 4. The second kappa shape index (κ2) is 13.7. The summed E-state index contributed by atoms with van der Waals surface area (Å²) in [5, 5.41) is 5.14. The van der Waals surface area contributed by atoms with Crippen molar-refractivity contribution >= 4 is 59.3 Å². The van der Waals surface area contributed by atoms with E-state index in [1.54, 1.807) is 0 Å². The summed E-state index contributed by atoms with van der Waals surface area (Å²) >= 11 is 1.86. The molecule has 0 radical (unpaired) electrons. The van der Waals surface area contributed by atoms with Crippen LogP contribution in [0.25, 0.3) is 75.5 Å². The lowest BCUT2D eigenvalue weighted by molar-refractivity contribution is 1.28. The first kappa shape index (κ1) is 32.0. The van der Waals surface area contributed by atoms with Gasteiger partial charge in [-0.25, -0.2) is 0 Å². The van der Waals surface area contributed by atoms with Gasteiger partial charge in [-0.1, -0.05) is 152 Å². The molecule has 0 aliphatic rings. The minimum Gasteiger partial charge on any atom is -0.310 e. The number of benzene rings is 9. The Morgan fingerprint density at radius 3 is 1.56 bits per heavy atom. The Hall–Kier alpha value is -6.74. The lowest BCUT2D eigenvalue weighted by atomic mass is 9.96. The van der Waals surface area contributed by atoms with E-state index in [4.69, 9.17) is 0 Å². The zero-order valence-electron chi connectivity index (χ0n) is 29.6. The van der Waals surface area contributed by atoms with Gasteiger partial charge in [0.25, 0.3) is 0 Å². The predicted octanol–water partition coefficient (Wildman–Crippen LogP) is 15.3. The highest BCUT2D eigenvalue weighted by atomic mass is 32.1. The third-order valence-electron chi connectivity index (χ3n) is 10.4. The number of hydrogen-bond acceptors (Lipinski definition) is 2. The van der Waals surface area contributed by atoms with Gasteiger partial charge in [0.1, 0.15) is 0 Å². The van der Waals surface area contributed by atoms with Crippen molar-refractivity contribution in [2.24, 2.45) is 0 Å². The van der Waals surface area contributed by atoms with Crippen molar-refractivity contribution in [1.82, 2.24) is 0 Å². The normalized spacial score (nSPS) is 11.3. The summed E-state index contributed by atoms with van der Waals surface area (Å²) in [7, 11) is 0. The van der Waals surface area contributed by atoms with Crippen LogP contribution in [0.2, 0.25) is 0 Å². The standard InChI is InChI=1S/C52H35NS/c1-3-12-36(13-4-1)44-31-45(37-14-5-2-6-15-37)34-48(33-44)53(47-19-11-18-41(32-47)42-23-22-38-16-7-8-17-40(38)30-42)46-27-24-39(25-28-46)43-26-29-50-49-20-9-10-21-51(49)54-52(50)35-43/h1-35H. The largest absolute Gasteiger partial charge is 0.310 e. The third-order valence-corrected chi connectivity index (χ3v) is 11.5. The SMILES string of the molecule is c1ccc(-c2cc(-c3ccccc3)cc(N(c3ccc(-c4ccc5c(c4)sc4ccccc45)cc3)c3cccc(-c4ccc5ccccc5c4)c3)c2)cc1. The zero-order chi connectivity index (χ0) is 35.8. The maximum Gasteiger partial charge on any atom is 0.0473 e. The van der Waals surface area contributed by atoms with Crippen molar-refractivity contribution in [2.45, 2.75) is 0 Å². The third kappa shape index (κ3) is 6.03. The molecule has 54 heavy (non-hydrogen) atoms. The van der Waals surface area contributed by atoms with Crippen LogP contribution in [0.1, 0.15) is 0 Å². The average molecular weight is 706 g/mol. The van der Waals surface area contributed by atoms with E-state index in [0.29, 0.717) is 0 Å². The van der Waals surface area contributed by atoms with E-state index in [1.807, 2.05) is 11.3 Å². The second-order valence-corrected chi connectivity index (χ2v) is 14.9. The fraction of sp³-hybridized carbons (Fsp3) is 0. The molecule has 2 heteroatoms. The molecule has 10 rings (SSSR count). The van der Waals surface area contributed by atoms with Gasteiger partial charge in [0, 0.05) is 37.2 Å². The molecule has 0 N–H and O–H groups in total. The molecular formula is C52H35NS. The summed E-state index contributed by atoms with van der Waals surface area (Å²) in [6.07, 6.45) is 0. The van der Waals surface area contributed by atoms with E-state index in [0.717, 1.165) is 17.1 Å². The fourth-order valence-corrected chi connectivity index (χ4v) is 8.83. The van der Waals surface area contributed by atoms with Crippen LogP contribution in [-0.4, -0.2) is 0 Å². The molecule has 0 saturated heterocycles. The molecule has 0 amide bonds. The highest BCUT2D eigenvalue weighted by molar-refractivity contribution is 7.25. The maximum absolute atomic E-state index is 2.41. The molecule has 0 fully saturated rings. The zero-order valence-corrected chi connectivity index (χ0v) is 30.4. The van der Waals surface area contributed by atoms with Crippen LogP contribution in [0.3, 0.4) is 0 Å². The van der Waals surface area contributed by atoms with E-state index in [9.17, 15) is 0 Å². The van der Waals surface area contributed by atoms with Crippen LogP contribution in [0, 0.1) is 0 Å². The summed E-state index contributed by atoms with van der Waals surface area (Å²) in [4.78, 5) is 2.41. The van der Waals surface area contributed by atoms with E-state index >= 15 is 0 Å². The fourth-order valence-electron chi connectivity index (χ4n) is 7.68. The molecule has 0 spiro atoms. The number of thiophene rings is 1. The molecule has 0 atom stereocenters. The van der Waals surface area contributed by atoms with Crippen LogP contribution in [0.5, 0.6) is 0 Å². The molecule has 1 nitrogen and oxygen atoms in total. The van der Waals surface area contributed by atoms with Crippen LogP contribution < -0.4 is 4.90 Å². The minimum atomic E-state index is 1.10. The second-order valence-electron chi connectivity index (χ2n) is 13.8. The summed E-state index contributed by atoms with van der Waals surface area (Å²) in [6, 6.07) is 77.3. The van der Waals surface area contributed by atoms with Crippen molar-refractivity contribution in [3.63, 3.8) is 0 Å². The average Bonchev–Trinajstić information content (AvgIpc) is 3.62. The Morgan fingerprint density at radius 1 is 0.259 bits per heavy atom. The first-order valence-corrected chi connectivity index (χ1v) is 19.2. The highest BCUT2D eigenvalue weighted by Crippen LogP contribution is 2.42. The van der Waals surface area contributed by atoms with E-state index in [-0.39, 0.29) is 0 Å². The number of nitrogens with zero attached hydrogens (tertiary/aromatic N) is 1.